The fraction of sp³-hybridized carbons (Fsp3) is 0.0435. The Morgan fingerprint density at radius 2 is 1.90 bits per heavy atom. The largest absolute Gasteiger partial charge is 0.456 e. The van der Waals surface area contributed by atoms with Crippen molar-refractivity contribution < 1.29 is 18.7 Å². The molecule has 4 rings (SSSR count). The second kappa shape index (κ2) is 8.39. The molecule has 1 amide bonds. The van der Waals surface area contributed by atoms with E-state index in [-0.39, 0.29) is 23.8 Å². The molecule has 0 aliphatic carbocycles. The number of amides is 1. The smallest absolute Gasteiger partial charge is 0.272 e. The minimum atomic E-state index is -0.387. The number of nitrogens with one attached hydrogen (secondary N) is 2. The first-order chi connectivity index (χ1) is 14.5. The van der Waals surface area contributed by atoms with E-state index in [4.69, 9.17) is 16.3 Å². The van der Waals surface area contributed by atoms with Gasteiger partial charge in [0.2, 0.25) is 0 Å². The van der Waals surface area contributed by atoms with Gasteiger partial charge in [0.1, 0.15) is 29.3 Å². The summed E-state index contributed by atoms with van der Waals surface area (Å²) in [4.78, 5) is 26.0. The van der Waals surface area contributed by atoms with Crippen molar-refractivity contribution >= 4 is 40.4 Å². The summed E-state index contributed by atoms with van der Waals surface area (Å²) < 4.78 is 19.6. The molecule has 0 fully saturated rings. The number of hydrogen-bond acceptors (Lipinski definition) is 3. The summed E-state index contributed by atoms with van der Waals surface area (Å²) >= 11 is 6.20. The number of hydrogen-bond donors (Lipinski definition) is 2. The summed E-state index contributed by atoms with van der Waals surface area (Å²) in [5.74, 6) is 0.226. The Balaban J connectivity index is 1.45. The van der Waals surface area contributed by atoms with E-state index in [2.05, 4.69) is 10.3 Å². The SMILES string of the molecule is O=CCc1ccc(Oc2ccc(NC(=O)c3cc4c(F)cccc4[nH]3)cc2)c(Cl)c1. The molecule has 1 heterocycles. The third-order valence-corrected chi connectivity index (χ3v) is 4.81. The van der Waals surface area contributed by atoms with Crippen LogP contribution in [0.3, 0.4) is 0 Å². The highest BCUT2D eigenvalue weighted by Crippen LogP contribution is 2.31. The van der Waals surface area contributed by atoms with Gasteiger partial charge in [-0.1, -0.05) is 23.7 Å². The lowest BCUT2D eigenvalue weighted by molar-refractivity contribution is -0.107. The summed E-state index contributed by atoms with van der Waals surface area (Å²) in [6, 6.07) is 18.0. The molecule has 0 atom stereocenters. The highest BCUT2D eigenvalue weighted by molar-refractivity contribution is 6.32. The van der Waals surface area contributed by atoms with Gasteiger partial charge in [0.05, 0.1) is 5.02 Å². The van der Waals surface area contributed by atoms with E-state index in [1.165, 1.54) is 12.1 Å². The average Bonchev–Trinajstić information content (AvgIpc) is 3.18. The molecule has 4 aromatic rings. The number of ether oxygens (including phenoxy) is 1. The summed E-state index contributed by atoms with van der Waals surface area (Å²) in [5.41, 5.74) is 2.17. The number of H-pyrrole nitrogens is 1. The summed E-state index contributed by atoms with van der Waals surface area (Å²) in [6.45, 7) is 0. The fourth-order valence-corrected chi connectivity index (χ4v) is 3.26. The molecule has 150 valence electrons. The molecule has 0 aliphatic rings. The van der Waals surface area contributed by atoms with Crippen LogP contribution in [0.5, 0.6) is 11.5 Å². The number of halogens is 2. The molecule has 0 aliphatic heterocycles. The van der Waals surface area contributed by atoms with Crippen molar-refractivity contribution in [1.29, 1.82) is 0 Å². The number of aldehydes is 1. The minimum absolute atomic E-state index is 0.262. The Kier molecular flexibility index (Phi) is 5.50. The molecule has 5 nitrogen and oxygen atoms in total. The van der Waals surface area contributed by atoms with Crippen molar-refractivity contribution in [2.24, 2.45) is 0 Å². The van der Waals surface area contributed by atoms with E-state index in [0.717, 1.165) is 11.8 Å². The van der Waals surface area contributed by atoms with E-state index in [0.29, 0.717) is 33.1 Å². The third-order valence-electron chi connectivity index (χ3n) is 4.51. The molecule has 3 aromatic carbocycles. The van der Waals surface area contributed by atoms with E-state index in [1.54, 1.807) is 54.6 Å². The second-order valence-electron chi connectivity index (χ2n) is 6.60. The van der Waals surface area contributed by atoms with Gasteiger partial charge in [0.25, 0.3) is 5.91 Å². The third kappa shape index (κ3) is 4.18. The van der Waals surface area contributed by atoms with Gasteiger partial charge in [-0.15, -0.1) is 0 Å². The highest BCUT2D eigenvalue weighted by atomic mass is 35.5. The molecular weight excluding hydrogens is 407 g/mol. The monoisotopic (exact) mass is 422 g/mol. The van der Waals surface area contributed by atoms with Gasteiger partial charge in [-0.2, -0.15) is 0 Å². The zero-order valence-corrected chi connectivity index (χ0v) is 16.4. The van der Waals surface area contributed by atoms with Crippen molar-refractivity contribution in [2.45, 2.75) is 6.42 Å². The molecule has 0 bridgehead atoms. The zero-order chi connectivity index (χ0) is 21.1. The normalized spacial score (nSPS) is 10.7. The predicted octanol–water partition coefficient (Wildman–Crippen LogP) is 5.75. The first-order valence-electron chi connectivity index (χ1n) is 9.12. The lowest BCUT2D eigenvalue weighted by Crippen LogP contribution is -2.12. The number of anilines is 1. The van der Waals surface area contributed by atoms with Crippen LogP contribution >= 0.6 is 11.6 Å². The van der Waals surface area contributed by atoms with Crippen LogP contribution in [0.1, 0.15) is 16.1 Å². The number of benzene rings is 3. The van der Waals surface area contributed by atoms with Crippen LogP contribution in [0, 0.1) is 5.82 Å². The van der Waals surface area contributed by atoms with Crippen molar-refractivity contribution in [1.82, 2.24) is 4.98 Å². The van der Waals surface area contributed by atoms with E-state index in [9.17, 15) is 14.0 Å². The summed E-state index contributed by atoms with van der Waals surface area (Å²) in [7, 11) is 0. The Morgan fingerprint density at radius 3 is 2.60 bits per heavy atom. The average molecular weight is 423 g/mol. The molecule has 0 spiro atoms. The predicted molar refractivity (Wildman–Crippen MR) is 114 cm³/mol. The van der Waals surface area contributed by atoms with Gasteiger partial charge >= 0.3 is 0 Å². The van der Waals surface area contributed by atoms with Crippen LogP contribution in [0.2, 0.25) is 5.02 Å². The van der Waals surface area contributed by atoms with E-state index in [1.807, 2.05) is 0 Å². The number of aromatic amines is 1. The van der Waals surface area contributed by atoms with Crippen molar-refractivity contribution in [3.8, 4) is 11.5 Å². The van der Waals surface area contributed by atoms with Crippen LogP contribution in [-0.2, 0) is 11.2 Å². The van der Waals surface area contributed by atoms with Crippen LogP contribution in [0.25, 0.3) is 10.9 Å². The Hall–Kier alpha value is -3.64. The highest BCUT2D eigenvalue weighted by Gasteiger charge is 2.12. The van der Waals surface area contributed by atoms with Gasteiger partial charge in [-0.25, -0.2) is 4.39 Å². The van der Waals surface area contributed by atoms with E-state index < -0.39 is 0 Å². The van der Waals surface area contributed by atoms with Gasteiger partial charge < -0.3 is 19.8 Å². The molecular formula is C23H16ClFN2O3. The number of aromatic nitrogens is 1. The van der Waals surface area contributed by atoms with Gasteiger partial charge in [-0.05, 0) is 60.2 Å². The number of carbonyl (C=O) groups is 2. The second-order valence-corrected chi connectivity index (χ2v) is 7.01. The van der Waals surface area contributed by atoms with Crippen LogP contribution in [0.4, 0.5) is 10.1 Å². The Morgan fingerprint density at radius 1 is 1.10 bits per heavy atom. The summed E-state index contributed by atoms with van der Waals surface area (Å²) in [6.07, 6.45) is 1.10. The number of rotatable bonds is 6. The van der Waals surface area contributed by atoms with Gasteiger partial charge in [0, 0.05) is 23.0 Å². The maximum absolute atomic E-state index is 13.8. The first-order valence-corrected chi connectivity index (χ1v) is 9.50. The molecule has 2 N–H and O–H groups in total. The molecule has 30 heavy (non-hydrogen) atoms. The lowest BCUT2D eigenvalue weighted by Gasteiger charge is -2.10. The Labute approximate surface area is 176 Å². The molecule has 0 saturated heterocycles. The molecule has 0 radical (unpaired) electrons. The molecule has 1 aromatic heterocycles. The van der Waals surface area contributed by atoms with Crippen LogP contribution < -0.4 is 10.1 Å². The molecule has 0 unspecified atom stereocenters. The number of carbonyl (C=O) groups excluding carboxylic acids is 2. The minimum Gasteiger partial charge on any atom is -0.456 e. The van der Waals surface area contributed by atoms with Crippen molar-refractivity contribution in [2.75, 3.05) is 5.32 Å². The molecule has 7 heteroatoms. The maximum Gasteiger partial charge on any atom is 0.272 e. The van der Waals surface area contributed by atoms with Crippen LogP contribution in [-0.4, -0.2) is 17.2 Å². The standard InChI is InChI=1S/C23H16ClFN2O3/c24-18-12-14(10-11-28)4-9-22(18)30-16-7-5-15(6-8-16)26-23(29)21-13-17-19(25)2-1-3-20(17)27-21/h1-9,11-13,27H,10H2,(H,26,29). The van der Waals surface area contributed by atoms with Crippen LogP contribution in [0.15, 0.2) is 66.7 Å². The van der Waals surface area contributed by atoms with Gasteiger partial charge in [-0.3, -0.25) is 4.79 Å². The Bertz CT molecular complexity index is 1240. The van der Waals surface area contributed by atoms with Crippen molar-refractivity contribution in [3.05, 3.63) is 88.8 Å². The lowest BCUT2D eigenvalue weighted by atomic mass is 10.1. The summed E-state index contributed by atoms with van der Waals surface area (Å²) in [5, 5.41) is 3.52. The zero-order valence-electron chi connectivity index (χ0n) is 15.6. The van der Waals surface area contributed by atoms with E-state index >= 15 is 0 Å². The first kappa shape index (κ1) is 19.7. The fourth-order valence-electron chi connectivity index (χ4n) is 3.02. The number of fused-ring (bicyclic) bond motifs is 1. The van der Waals surface area contributed by atoms with Gasteiger partial charge in [0.15, 0.2) is 0 Å². The quantitative estimate of drug-likeness (QED) is 0.389. The topological polar surface area (TPSA) is 71.2 Å². The van der Waals surface area contributed by atoms with Crippen molar-refractivity contribution in [3.63, 3.8) is 0 Å². The maximum atomic E-state index is 13.8. The molecule has 0 saturated carbocycles.